The van der Waals surface area contributed by atoms with Crippen molar-refractivity contribution in [2.45, 2.75) is 32.7 Å². The summed E-state index contributed by atoms with van der Waals surface area (Å²) in [6.45, 7) is 5.86. The molecule has 0 radical (unpaired) electrons. The van der Waals surface area contributed by atoms with Crippen LogP contribution in [0.25, 0.3) is 0 Å². The molecule has 2 nitrogen and oxygen atoms in total. The molecule has 1 heterocycles. The molecule has 0 aliphatic carbocycles. The zero-order valence-corrected chi connectivity index (χ0v) is 11.7. The fraction of sp³-hybridized carbons (Fsp3) is 0.529. The van der Waals surface area contributed by atoms with E-state index in [9.17, 15) is 0 Å². The van der Waals surface area contributed by atoms with Crippen molar-refractivity contribution in [1.82, 2.24) is 4.90 Å². The van der Waals surface area contributed by atoms with Crippen LogP contribution in [0.15, 0.2) is 24.3 Å². The number of hydrogen-bond donors (Lipinski definition) is 1. The first-order valence-corrected chi connectivity index (χ1v) is 7.19. The van der Waals surface area contributed by atoms with Crippen LogP contribution in [0.5, 0.6) is 0 Å². The van der Waals surface area contributed by atoms with Gasteiger partial charge in [-0.3, -0.25) is 4.90 Å². The quantitative estimate of drug-likeness (QED) is 0.842. The largest absolute Gasteiger partial charge is 0.395 e. The average Bonchev–Trinajstić information content (AvgIpc) is 2.43. The number of likely N-dealkylation sites (tertiary alicyclic amines) is 1. The second kappa shape index (κ2) is 7.33. The number of aliphatic hydroxyl groups excluding tert-OH is 1. The van der Waals surface area contributed by atoms with Crippen LogP contribution in [0, 0.1) is 17.8 Å². The molecule has 1 aliphatic rings. The van der Waals surface area contributed by atoms with Crippen LogP contribution in [0.4, 0.5) is 0 Å². The van der Waals surface area contributed by atoms with Gasteiger partial charge in [0.05, 0.1) is 6.61 Å². The van der Waals surface area contributed by atoms with Crippen LogP contribution >= 0.6 is 0 Å². The molecule has 102 valence electrons. The lowest BCUT2D eigenvalue weighted by Gasteiger charge is -2.30. The van der Waals surface area contributed by atoms with Gasteiger partial charge in [0, 0.05) is 18.5 Å². The van der Waals surface area contributed by atoms with Crippen molar-refractivity contribution in [3.63, 3.8) is 0 Å². The Morgan fingerprint density at radius 3 is 2.74 bits per heavy atom. The highest BCUT2D eigenvalue weighted by Gasteiger charge is 2.16. The predicted molar refractivity (Wildman–Crippen MR) is 78.7 cm³/mol. The Balaban J connectivity index is 2.02. The SMILES string of the molecule is CC1CCN(Cc2ccccc2C#CCCO)CC1. The van der Waals surface area contributed by atoms with Gasteiger partial charge in [-0.15, -0.1) is 0 Å². The molecule has 1 saturated heterocycles. The number of rotatable bonds is 3. The van der Waals surface area contributed by atoms with E-state index in [0.29, 0.717) is 6.42 Å². The zero-order chi connectivity index (χ0) is 13.5. The molecule has 1 N–H and O–H groups in total. The van der Waals surface area contributed by atoms with Gasteiger partial charge < -0.3 is 5.11 Å². The van der Waals surface area contributed by atoms with Crippen molar-refractivity contribution in [2.24, 2.45) is 5.92 Å². The Kier molecular flexibility index (Phi) is 5.44. The summed E-state index contributed by atoms with van der Waals surface area (Å²) in [4.78, 5) is 2.52. The number of hydrogen-bond acceptors (Lipinski definition) is 2. The highest BCUT2D eigenvalue weighted by atomic mass is 16.2. The lowest BCUT2D eigenvalue weighted by Crippen LogP contribution is -2.32. The summed E-state index contributed by atoms with van der Waals surface area (Å²) in [7, 11) is 0. The predicted octanol–water partition coefficient (Wildman–Crippen LogP) is 2.65. The summed E-state index contributed by atoms with van der Waals surface area (Å²) in [5.74, 6) is 7.06. The summed E-state index contributed by atoms with van der Waals surface area (Å²) in [6, 6.07) is 8.36. The van der Waals surface area contributed by atoms with Crippen molar-refractivity contribution >= 4 is 0 Å². The Morgan fingerprint density at radius 2 is 2.00 bits per heavy atom. The van der Waals surface area contributed by atoms with E-state index in [-0.39, 0.29) is 6.61 Å². The Hall–Kier alpha value is -1.30. The lowest BCUT2D eigenvalue weighted by atomic mass is 9.98. The maximum Gasteiger partial charge on any atom is 0.0540 e. The van der Waals surface area contributed by atoms with Crippen molar-refractivity contribution in [2.75, 3.05) is 19.7 Å². The summed E-state index contributed by atoms with van der Waals surface area (Å²) in [5.41, 5.74) is 2.41. The van der Waals surface area contributed by atoms with E-state index in [0.717, 1.165) is 18.0 Å². The first-order chi connectivity index (χ1) is 9.29. The molecule has 0 amide bonds. The maximum absolute atomic E-state index is 8.79. The summed E-state index contributed by atoms with van der Waals surface area (Å²) in [5, 5.41) is 8.79. The van der Waals surface area contributed by atoms with E-state index in [1.165, 1.54) is 31.5 Å². The second-order valence-electron chi connectivity index (χ2n) is 5.39. The van der Waals surface area contributed by atoms with Crippen LogP contribution < -0.4 is 0 Å². The summed E-state index contributed by atoms with van der Waals surface area (Å²) in [6.07, 6.45) is 3.16. The first-order valence-electron chi connectivity index (χ1n) is 7.19. The zero-order valence-electron chi connectivity index (χ0n) is 11.7. The molecule has 1 aromatic rings. The molecular formula is C17H23NO. The average molecular weight is 257 g/mol. The highest BCUT2D eigenvalue weighted by molar-refractivity contribution is 5.41. The van der Waals surface area contributed by atoms with E-state index >= 15 is 0 Å². The minimum Gasteiger partial charge on any atom is -0.395 e. The number of benzene rings is 1. The molecule has 0 atom stereocenters. The molecule has 0 saturated carbocycles. The Bertz CT molecular complexity index is 450. The molecule has 19 heavy (non-hydrogen) atoms. The van der Waals surface area contributed by atoms with E-state index in [1.54, 1.807) is 0 Å². The topological polar surface area (TPSA) is 23.5 Å². The van der Waals surface area contributed by atoms with Gasteiger partial charge in [-0.25, -0.2) is 0 Å². The molecule has 1 fully saturated rings. The summed E-state index contributed by atoms with van der Waals surface area (Å²) >= 11 is 0. The van der Waals surface area contributed by atoms with Crippen molar-refractivity contribution in [3.05, 3.63) is 35.4 Å². The number of piperidine rings is 1. The van der Waals surface area contributed by atoms with Gasteiger partial charge in [0.1, 0.15) is 0 Å². The number of aliphatic hydroxyl groups is 1. The van der Waals surface area contributed by atoms with Crippen molar-refractivity contribution < 1.29 is 5.11 Å². The Labute approximate surface area is 116 Å². The van der Waals surface area contributed by atoms with Crippen molar-refractivity contribution in [3.8, 4) is 11.8 Å². The third kappa shape index (κ3) is 4.38. The minimum absolute atomic E-state index is 0.138. The van der Waals surface area contributed by atoms with Crippen LogP contribution in [0.1, 0.15) is 37.3 Å². The monoisotopic (exact) mass is 257 g/mol. The van der Waals surface area contributed by atoms with E-state index < -0.39 is 0 Å². The second-order valence-corrected chi connectivity index (χ2v) is 5.39. The molecule has 0 aromatic heterocycles. The molecule has 2 heteroatoms. The lowest BCUT2D eigenvalue weighted by molar-refractivity contribution is 0.185. The summed E-state index contributed by atoms with van der Waals surface area (Å²) < 4.78 is 0. The van der Waals surface area contributed by atoms with Crippen LogP contribution in [0.3, 0.4) is 0 Å². The normalized spacial score (nSPS) is 16.9. The van der Waals surface area contributed by atoms with E-state index in [2.05, 4.69) is 41.9 Å². The molecule has 1 aliphatic heterocycles. The van der Waals surface area contributed by atoms with Gasteiger partial charge in [0.2, 0.25) is 0 Å². The first kappa shape index (κ1) is 14.1. The van der Waals surface area contributed by atoms with Crippen molar-refractivity contribution in [1.29, 1.82) is 0 Å². The fourth-order valence-electron chi connectivity index (χ4n) is 2.45. The smallest absolute Gasteiger partial charge is 0.0540 e. The highest BCUT2D eigenvalue weighted by Crippen LogP contribution is 2.19. The molecule has 0 spiro atoms. The standard InChI is InChI=1S/C17H23NO/c1-15-9-11-18(12-10-15)14-17-8-3-2-6-16(17)7-4-5-13-19/h2-3,6,8,15,19H,5,9-14H2,1H3. The fourth-order valence-corrected chi connectivity index (χ4v) is 2.45. The van der Waals surface area contributed by atoms with E-state index in [1.807, 2.05) is 6.07 Å². The van der Waals surface area contributed by atoms with Gasteiger partial charge in [-0.1, -0.05) is 37.0 Å². The molecular weight excluding hydrogens is 234 g/mol. The third-order valence-corrected chi connectivity index (χ3v) is 3.75. The van der Waals surface area contributed by atoms with Gasteiger partial charge in [0.25, 0.3) is 0 Å². The molecule has 0 bridgehead atoms. The van der Waals surface area contributed by atoms with Gasteiger partial charge in [-0.2, -0.15) is 0 Å². The number of nitrogens with zero attached hydrogens (tertiary/aromatic N) is 1. The molecule has 2 rings (SSSR count). The van der Waals surface area contributed by atoms with Gasteiger partial charge >= 0.3 is 0 Å². The van der Waals surface area contributed by atoms with Crippen LogP contribution in [-0.4, -0.2) is 29.7 Å². The van der Waals surface area contributed by atoms with Gasteiger partial charge in [-0.05, 0) is 43.5 Å². The molecule has 0 unspecified atom stereocenters. The maximum atomic E-state index is 8.79. The van der Waals surface area contributed by atoms with Gasteiger partial charge in [0.15, 0.2) is 0 Å². The minimum atomic E-state index is 0.138. The third-order valence-electron chi connectivity index (χ3n) is 3.75. The van der Waals surface area contributed by atoms with E-state index in [4.69, 9.17) is 5.11 Å². The van der Waals surface area contributed by atoms with Crippen LogP contribution in [-0.2, 0) is 6.54 Å². The van der Waals surface area contributed by atoms with Crippen LogP contribution in [0.2, 0.25) is 0 Å². The Morgan fingerprint density at radius 1 is 1.26 bits per heavy atom. The molecule has 1 aromatic carbocycles.